The number of nitrogens with one attached hydrogen (secondary N) is 2. The highest BCUT2D eigenvalue weighted by Crippen LogP contribution is 2.36. The zero-order chi connectivity index (χ0) is 26.8. The second kappa shape index (κ2) is 11.2. The van der Waals surface area contributed by atoms with Crippen molar-refractivity contribution in [3.05, 3.63) is 36.0 Å². The highest BCUT2D eigenvalue weighted by atomic mass is 32.2. The number of benzene rings is 1. The van der Waals surface area contributed by atoms with Gasteiger partial charge in [-0.3, -0.25) is 0 Å². The van der Waals surface area contributed by atoms with Crippen molar-refractivity contribution in [1.82, 2.24) is 19.6 Å². The van der Waals surface area contributed by atoms with Crippen molar-refractivity contribution >= 4 is 21.7 Å². The van der Waals surface area contributed by atoms with E-state index in [4.69, 9.17) is 9.47 Å². The van der Waals surface area contributed by atoms with Gasteiger partial charge in [-0.15, -0.1) is 0 Å². The van der Waals surface area contributed by atoms with Gasteiger partial charge in [-0.1, -0.05) is 0 Å². The fraction of sp³-hybridized carbons (Fsp3) is 0.583. The Kier molecular flexibility index (Phi) is 7.93. The first kappa shape index (κ1) is 26.9. The summed E-state index contributed by atoms with van der Waals surface area (Å²) in [5.41, 5.74) is -0.0486. The van der Waals surface area contributed by atoms with Crippen LogP contribution in [0.4, 0.5) is 24.8 Å². The van der Waals surface area contributed by atoms with Gasteiger partial charge in [0.05, 0.1) is 18.1 Å². The van der Waals surface area contributed by atoms with E-state index < -0.39 is 33.7 Å². The minimum absolute atomic E-state index is 0.0109. The molecule has 2 aromatic rings. The molecule has 2 N–H and O–H groups in total. The molecule has 1 aromatic carbocycles. The Labute approximate surface area is 219 Å². The molecule has 0 saturated carbocycles. The first-order valence-electron chi connectivity index (χ1n) is 12.7. The summed E-state index contributed by atoms with van der Waals surface area (Å²) in [4.78, 5) is 10.3. The van der Waals surface area contributed by atoms with E-state index in [9.17, 15) is 21.6 Å². The molecule has 0 spiro atoms. The standard InChI is InChI=1S/C24H31F3N6O4S/c25-24(26,27)21-15-29-23(31-22(21)37-19-7-14-36-16-19)30-17-5-10-33(11-6-17)38(34,35)20-3-1-18(2-4-20)32-12-8-28-9-13-32/h1-4,15,17,19,28H,5-14,16H2,(H,29,30,31)/t19-/m0/s1. The minimum Gasteiger partial charge on any atom is -0.471 e. The van der Waals surface area contributed by atoms with Crippen molar-refractivity contribution in [3.8, 4) is 5.88 Å². The topological polar surface area (TPSA) is 109 Å². The van der Waals surface area contributed by atoms with E-state index in [2.05, 4.69) is 25.5 Å². The monoisotopic (exact) mass is 556 g/mol. The molecule has 1 atom stereocenters. The Hall–Kier alpha value is -2.68. The van der Waals surface area contributed by atoms with Crippen LogP contribution >= 0.6 is 0 Å². The number of hydrogen-bond acceptors (Lipinski definition) is 9. The number of sulfonamides is 1. The molecule has 10 nitrogen and oxygen atoms in total. The highest BCUT2D eigenvalue weighted by Gasteiger charge is 2.38. The van der Waals surface area contributed by atoms with Crippen LogP contribution in [-0.2, 0) is 20.9 Å². The molecular weight excluding hydrogens is 525 g/mol. The summed E-state index contributed by atoms with van der Waals surface area (Å²) >= 11 is 0. The van der Waals surface area contributed by atoms with E-state index in [-0.39, 0.29) is 36.6 Å². The van der Waals surface area contributed by atoms with Gasteiger partial charge in [-0.25, -0.2) is 13.4 Å². The number of hydrogen-bond donors (Lipinski definition) is 2. The Bertz CT molecular complexity index is 1190. The van der Waals surface area contributed by atoms with Crippen molar-refractivity contribution in [3.63, 3.8) is 0 Å². The predicted molar refractivity (Wildman–Crippen MR) is 134 cm³/mol. The largest absolute Gasteiger partial charge is 0.471 e. The molecule has 208 valence electrons. The van der Waals surface area contributed by atoms with Crippen LogP contribution in [0.1, 0.15) is 24.8 Å². The first-order valence-corrected chi connectivity index (χ1v) is 14.2. The van der Waals surface area contributed by atoms with Crippen LogP contribution in [0.25, 0.3) is 0 Å². The minimum atomic E-state index is -4.66. The van der Waals surface area contributed by atoms with Crippen LogP contribution in [0.5, 0.6) is 5.88 Å². The summed E-state index contributed by atoms with van der Waals surface area (Å²) in [6.45, 7) is 4.69. The molecule has 3 saturated heterocycles. The number of piperidine rings is 1. The van der Waals surface area contributed by atoms with Crippen molar-refractivity contribution in [2.75, 3.05) is 62.7 Å². The summed E-state index contributed by atoms with van der Waals surface area (Å²) in [7, 11) is -3.66. The van der Waals surface area contributed by atoms with Crippen LogP contribution < -0.4 is 20.3 Å². The first-order chi connectivity index (χ1) is 18.2. The third kappa shape index (κ3) is 6.14. The number of halogens is 3. The lowest BCUT2D eigenvalue weighted by atomic mass is 10.1. The fourth-order valence-electron chi connectivity index (χ4n) is 4.81. The number of piperazine rings is 1. The van der Waals surface area contributed by atoms with Gasteiger partial charge < -0.3 is 25.0 Å². The van der Waals surface area contributed by atoms with Crippen molar-refractivity contribution in [2.45, 2.75) is 42.5 Å². The molecule has 3 aliphatic heterocycles. The molecule has 4 heterocycles. The van der Waals surface area contributed by atoms with Gasteiger partial charge in [0.15, 0.2) is 0 Å². The van der Waals surface area contributed by atoms with Crippen molar-refractivity contribution in [1.29, 1.82) is 0 Å². The van der Waals surface area contributed by atoms with E-state index in [1.54, 1.807) is 12.1 Å². The number of ether oxygens (including phenoxy) is 2. The zero-order valence-corrected chi connectivity index (χ0v) is 21.6. The molecule has 14 heteroatoms. The molecule has 0 aliphatic carbocycles. The molecule has 38 heavy (non-hydrogen) atoms. The van der Waals surface area contributed by atoms with Gasteiger partial charge in [0, 0.05) is 63.6 Å². The molecule has 1 aromatic heterocycles. The maximum Gasteiger partial charge on any atom is 0.423 e. The van der Waals surface area contributed by atoms with Crippen LogP contribution in [0.2, 0.25) is 0 Å². The smallest absolute Gasteiger partial charge is 0.423 e. The Morgan fingerprint density at radius 3 is 2.39 bits per heavy atom. The number of alkyl halides is 3. The lowest BCUT2D eigenvalue weighted by Crippen LogP contribution is -2.43. The summed E-state index contributed by atoms with van der Waals surface area (Å²) < 4.78 is 78.9. The maximum atomic E-state index is 13.4. The lowest BCUT2D eigenvalue weighted by molar-refractivity contribution is -0.139. The number of anilines is 2. The van der Waals surface area contributed by atoms with Gasteiger partial charge >= 0.3 is 6.18 Å². The predicted octanol–water partition coefficient (Wildman–Crippen LogP) is 2.34. The van der Waals surface area contributed by atoms with Crippen molar-refractivity contribution in [2.24, 2.45) is 0 Å². The van der Waals surface area contributed by atoms with Crippen LogP contribution in [0.15, 0.2) is 35.4 Å². The Balaban J connectivity index is 1.20. The lowest BCUT2D eigenvalue weighted by Gasteiger charge is -2.32. The van der Waals surface area contributed by atoms with E-state index in [0.717, 1.165) is 31.9 Å². The fourth-order valence-corrected chi connectivity index (χ4v) is 6.28. The summed E-state index contributed by atoms with van der Waals surface area (Å²) in [5.74, 6) is -0.522. The molecular formula is C24H31F3N6O4S. The molecule has 0 radical (unpaired) electrons. The SMILES string of the molecule is O=S(=O)(c1ccc(N2CCNCC2)cc1)N1CCC(Nc2ncc(C(F)(F)F)c(O[C@H]3CCOC3)n2)CC1. The zero-order valence-electron chi connectivity index (χ0n) is 20.8. The summed E-state index contributed by atoms with van der Waals surface area (Å²) in [5, 5.41) is 6.34. The van der Waals surface area contributed by atoms with Crippen LogP contribution in [0.3, 0.4) is 0 Å². The molecule has 0 amide bonds. The second-order valence-electron chi connectivity index (χ2n) is 9.57. The van der Waals surface area contributed by atoms with Crippen LogP contribution in [-0.4, -0.2) is 87.3 Å². The molecule has 5 rings (SSSR count). The van der Waals surface area contributed by atoms with E-state index in [0.29, 0.717) is 32.1 Å². The third-order valence-corrected chi connectivity index (χ3v) is 8.88. The van der Waals surface area contributed by atoms with Gasteiger partial charge in [-0.2, -0.15) is 22.5 Å². The number of nitrogens with zero attached hydrogens (tertiary/aromatic N) is 4. The number of rotatable bonds is 7. The van der Waals surface area contributed by atoms with E-state index in [1.165, 1.54) is 4.31 Å². The maximum absolute atomic E-state index is 13.4. The quantitative estimate of drug-likeness (QED) is 0.531. The molecule has 3 fully saturated rings. The van der Waals surface area contributed by atoms with Gasteiger partial charge in [-0.05, 0) is 37.1 Å². The third-order valence-electron chi connectivity index (χ3n) is 6.97. The van der Waals surface area contributed by atoms with Gasteiger partial charge in [0.1, 0.15) is 11.7 Å². The molecule has 0 bridgehead atoms. The highest BCUT2D eigenvalue weighted by molar-refractivity contribution is 7.89. The average Bonchev–Trinajstić information content (AvgIpc) is 3.42. The Morgan fingerprint density at radius 1 is 1.05 bits per heavy atom. The van der Waals surface area contributed by atoms with Crippen LogP contribution in [0, 0.1) is 0 Å². The van der Waals surface area contributed by atoms with Crippen molar-refractivity contribution < 1.29 is 31.1 Å². The van der Waals surface area contributed by atoms with E-state index in [1.807, 2.05) is 12.1 Å². The van der Waals surface area contributed by atoms with E-state index >= 15 is 0 Å². The normalized spacial score (nSPS) is 22.0. The molecule has 0 unspecified atom stereocenters. The summed E-state index contributed by atoms with van der Waals surface area (Å²) in [6.07, 6.45) is -3.06. The molecule has 3 aliphatic rings. The Morgan fingerprint density at radius 2 is 1.76 bits per heavy atom. The summed E-state index contributed by atoms with van der Waals surface area (Å²) in [6, 6.07) is 6.77. The van der Waals surface area contributed by atoms with Gasteiger partial charge in [0.25, 0.3) is 0 Å². The van der Waals surface area contributed by atoms with Gasteiger partial charge in [0.2, 0.25) is 21.9 Å². The second-order valence-corrected chi connectivity index (χ2v) is 11.5. The average molecular weight is 557 g/mol. The number of aromatic nitrogens is 2.